The van der Waals surface area contributed by atoms with Gasteiger partial charge >= 0.3 is 6.09 Å². The summed E-state index contributed by atoms with van der Waals surface area (Å²) in [7, 11) is 0. The third kappa shape index (κ3) is 5.45. The molecule has 1 aromatic carbocycles. The number of nitrogens with one attached hydrogen (secondary N) is 1. The summed E-state index contributed by atoms with van der Waals surface area (Å²) in [5, 5.41) is 11.9. The van der Waals surface area contributed by atoms with Crippen molar-refractivity contribution in [2.45, 2.75) is 64.5 Å². The van der Waals surface area contributed by atoms with E-state index in [0.29, 0.717) is 17.2 Å². The number of hydrogen-bond acceptors (Lipinski definition) is 4. The molecule has 0 aliphatic heterocycles. The fourth-order valence-corrected chi connectivity index (χ4v) is 3.15. The Morgan fingerprint density at radius 3 is 2.54 bits per heavy atom. The topological polar surface area (TPSA) is 88.1 Å². The van der Waals surface area contributed by atoms with Crippen LogP contribution in [-0.2, 0) is 11.2 Å². The summed E-state index contributed by atoms with van der Waals surface area (Å²) < 4.78 is 5.31. The summed E-state index contributed by atoms with van der Waals surface area (Å²) >= 11 is 0. The number of hydrogen-bond donors (Lipinski definition) is 2. The van der Waals surface area contributed by atoms with Gasteiger partial charge in [0, 0.05) is 11.7 Å². The second kappa shape index (κ2) is 7.57. The number of anilines is 1. The molecule has 0 saturated heterocycles. The summed E-state index contributed by atoms with van der Waals surface area (Å²) in [6.07, 6.45) is 4.62. The maximum Gasteiger partial charge on any atom is 0.407 e. The Kier molecular flexibility index (Phi) is 5.71. The van der Waals surface area contributed by atoms with E-state index in [2.05, 4.69) is 11.4 Å². The molecule has 0 radical (unpaired) electrons. The molecule has 0 aromatic heterocycles. The van der Waals surface area contributed by atoms with E-state index in [1.54, 1.807) is 6.07 Å². The zero-order chi connectivity index (χ0) is 17.7. The lowest BCUT2D eigenvalue weighted by Gasteiger charge is -2.30. The van der Waals surface area contributed by atoms with Crippen LogP contribution in [-0.4, -0.2) is 17.7 Å². The number of nitrogen functional groups attached to an aromatic ring is 1. The number of nitrogens with zero attached hydrogens (tertiary/aromatic N) is 1. The fraction of sp³-hybridized carbons (Fsp3) is 0.579. The summed E-state index contributed by atoms with van der Waals surface area (Å²) in [5.74, 6) is 0.567. The molecular formula is C19H27N3O2. The fourth-order valence-electron chi connectivity index (χ4n) is 3.15. The van der Waals surface area contributed by atoms with E-state index in [0.717, 1.165) is 37.7 Å². The molecular weight excluding hydrogens is 302 g/mol. The number of benzene rings is 1. The van der Waals surface area contributed by atoms with E-state index < -0.39 is 5.60 Å². The predicted molar refractivity (Wildman–Crippen MR) is 94.4 cm³/mol. The minimum atomic E-state index is -0.464. The lowest BCUT2D eigenvalue weighted by atomic mass is 9.82. The van der Waals surface area contributed by atoms with E-state index >= 15 is 0 Å². The van der Waals surface area contributed by atoms with Gasteiger partial charge in [0.1, 0.15) is 5.60 Å². The average molecular weight is 329 g/mol. The summed E-state index contributed by atoms with van der Waals surface area (Å²) in [4.78, 5) is 11.8. The molecule has 0 atom stereocenters. The highest BCUT2D eigenvalue weighted by Gasteiger charge is 2.25. The van der Waals surface area contributed by atoms with Gasteiger partial charge in [-0.05, 0) is 76.5 Å². The van der Waals surface area contributed by atoms with Crippen molar-refractivity contribution in [3.05, 3.63) is 29.3 Å². The van der Waals surface area contributed by atoms with Crippen LogP contribution in [0.5, 0.6) is 0 Å². The van der Waals surface area contributed by atoms with Gasteiger partial charge in [0.15, 0.2) is 0 Å². The molecule has 5 heteroatoms. The van der Waals surface area contributed by atoms with Crippen molar-refractivity contribution in [3.8, 4) is 6.07 Å². The van der Waals surface area contributed by atoms with Crippen LogP contribution >= 0.6 is 0 Å². The minimum Gasteiger partial charge on any atom is -0.444 e. The number of nitrogens with two attached hydrogens (primary N) is 1. The van der Waals surface area contributed by atoms with Crippen molar-refractivity contribution in [2.75, 3.05) is 5.73 Å². The number of carbonyl (C=O) groups excluding carboxylic acids is 1. The molecule has 3 N–H and O–H groups in total. The number of carbonyl (C=O) groups is 1. The van der Waals surface area contributed by atoms with Gasteiger partial charge in [-0.2, -0.15) is 5.26 Å². The Hall–Kier alpha value is -2.22. The summed E-state index contributed by atoms with van der Waals surface area (Å²) in [6.45, 7) is 5.60. The number of rotatable bonds is 3. The van der Waals surface area contributed by atoms with Gasteiger partial charge in [-0.25, -0.2) is 4.79 Å². The molecule has 5 nitrogen and oxygen atoms in total. The Balaban J connectivity index is 1.81. The Bertz CT molecular complexity index is 620. The van der Waals surface area contributed by atoms with Crippen LogP contribution in [0.1, 0.15) is 57.6 Å². The average Bonchev–Trinajstić information content (AvgIpc) is 2.49. The normalized spacial score (nSPS) is 20.9. The first-order chi connectivity index (χ1) is 11.3. The first-order valence-electron chi connectivity index (χ1n) is 8.55. The van der Waals surface area contributed by atoms with E-state index in [-0.39, 0.29) is 12.1 Å². The molecule has 130 valence electrons. The second-order valence-electron chi connectivity index (χ2n) is 7.59. The Morgan fingerprint density at radius 1 is 1.33 bits per heavy atom. The summed E-state index contributed by atoms with van der Waals surface area (Å²) in [5.41, 5.74) is 7.98. The van der Waals surface area contributed by atoms with Crippen molar-refractivity contribution in [2.24, 2.45) is 5.92 Å². The maximum absolute atomic E-state index is 11.8. The molecule has 1 amide bonds. The molecule has 0 unspecified atom stereocenters. The van der Waals surface area contributed by atoms with Crippen molar-refractivity contribution in [3.63, 3.8) is 0 Å². The summed E-state index contributed by atoms with van der Waals surface area (Å²) in [6, 6.07) is 7.82. The first kappa shape index (κ1) is 18.1. The van der Waals surface area contributed by atoms with Crippen LogP contribution in [0, 0.1) is 17.2 Å². The molecule has 1 aromatic rings. The van der Waals surface area contributed by atoms with Gasteiger partial charge in [0.05, 0.1) is 11.6 Å². The SMILES string of the molecule is CC(C)(C)OC(=O)NC1CCC(Cc2ccc(C#N)cc2N)CC1. The predicted octanol–water partition coefficient (Wildman–Crippen LogP) is 3.77. The maximum atomic E-state index is 11.8. The third-order valence-electron chi connectivity index (χ3n) is 4.35. The first-order valence-corrected chi connectivity index (χ1v) is 8.55. The Morgan fingerprint density at radius 2 is 2.00 bits per heavy atom. The second-order valence-corrected chi connectivity index (χ2v) is 7.59. The number of amides is 1. The lowest BCUT2D eigenvalue weighted by Crippen LogP contribution is -2.41. The monoisotopic (exact) mass is 329 g/mol. The molecule has 1 aliphatic carbocycles. The molecule has 1 aliphatic rings. The zero-order valence-corrected chi connectivity index (χ0v) is 14.8. The van der Waals surface area contributed by atoms with E-state index in [1.807, 2.05) is 32.9 Å². The number of ether oxygens (including phenoxy) is 1. The smallest absolute Gasteiger partial charge is 0.407 e. The van der Waals surface area contributed by atoms with Crippen molar-refractivity contribution in [1.82, 2.24) is 5.32 Å². The Labute approximate surface area is 144 Å². The van der Waals surface area contributed by atoms with Crippen LogP contribution in [0.2, 0.25) is 0 Å². The largest absolute Gasteiger partial charge is 0.444 e. The van der Waals surface area contributed by atoms with Gasteiger partial charge in [-0.15, -0.1) is 0 Å². The van der Waals surface area contributed by atoms with Crippen LogP contribution < -0.4 is 11.1 Å². The molecule has 2 rings (SSSR count). The molecule has 0 bridgehead atoms. The van der Waals surface area contributed by atoms with Crippen LogP contribution in [0.15, 0.2) is 18.2 Å². The standard InChI is InChI=1S/C19H27N3O2/c1-19(2,3)24-18(23)22-16-8-5-13(6-9-16)10-15-7-4-14(12-20)11-17(15)21/h4,7,11,13,16H,5-6,8-10,21H2,1-3H3,(H,22,23). The quantitative estimate of drug-likeness (QED) is 0.826. The molecule has 0 spiro atoms. The highest BCUT2D eigenvalue weighted by molar-refractivity contribution is 5.68. The van der Waals surface area contributed by atoms with Crippen LogP contribution in [0.4, 0.5) is 10.5 Å². The van der Waals surface area contributed by atoms with Crippen LogP contribution in [0.3, 0.4) is 0 Å². The molecule has 0 heterocycles. The van der Waals surface area contributed by atoms with Crippen LogP contribution in [0.25, 0.3) is 0 Å². The van der Waals surface area contributed by atoms with E-state index in [4.69, 9.17) is 15.7 Å². The highest BCUT2D eigenvalue weighted by atomic mass is 16.6. The van der Waals surface area contributed by atoms with Gasteiger partial charge < -0.3 is 15.8 Å². The van der Waals surface area contributed by atoms with Crippen molar-refractivity contribution >= 4 is 11.8 Å². The molecule has 1 fully saturated rings. The van der Waals surface area contributed by atoms with E-state index in [9.17, 15) is 4.79 Å². The lowest BCUT2D eigenvalue weighted by molar-refractivity contribution is 0.0487. The zero-order valence-electron chi connectivity index (χ0n) is 14.8. The van der Waals surface area contributed by atoms with Crippen molar-refractivity contribution < 1.29 is 9.53 Å². The van der Waals surface area contributed by atoms with Gasteiger partial charge in [0.25, 0.3) is 0 Å². The third-order valence-corrected chi connectivity index (χ3v) is 4.35. The highest BCUT2D eigenvalue weighted by Crippen LogP contribution is 2.29. The van der Waals surface area contributed by atoms with Gasteiger partial charge in [0.2, 0.25) is 0 Å². The number of alkyl carbamates (subject to hydrolysis) is 1. The van der Waals surface area contributed by atoms with E-state index in [1.165, 1.54) is 0 Å². The van der Waals surface area contributed by atoms with Gasteiger partial charge in [-0.1, -0.05) is 6.07 Å². The molecule has 24 heavy (non-hydrogen) atoms. The van der Waals surface area contributed by atoms with Crippen molar-refractivity contribution in [1.29, 1.82) is 5.26 Å². The van der Waals surface area contributed by atoms with Gasteiger partial charge in [-0.3, -0.25) is 0 Å². The number of nitriles is 1. The molecule has 1 saturated carbocycles. The minimum absolute atomic E-state index is 0.189.